The van der Waals surface area contributed by atoms with E-state index in [1.165, 1.54) is 41.1 Å². The van der Waals surface area contributed by atoms with E-state index in [2.05, 4.69) is 0 Å². The highest BCUT2D eigenvalue weighted by atomic mass is 19.1. The Hall–Kier alpha value is -2.50. The summed E-state index contributed by atoms with van der Waals surface area (Å²) >= 11 is 0. The number of hydrogen-bond acceptors (Lipinski definition) is 3. The van der Waals surface area contributed by atoms with Gasteiger partial charge in [-0.1, -0.05) is 0 Å². The molecule has 0 spiro atoms. The number of carbonyl (C=O) groups excluding carboxylic acids is 1. The number of rotatable bonds is 5. The third-order valence-electron chi connectivity index (χ3n) is 3.21. The van der Waals surface area contributed by atoms with Crippen molar-refractivity contribution in [3.05, 3.63) is 68.7 Å². The Labute approximate surface area is 120 Å². The molecule has 1 aromatic carbocycles. The summed E-state index contributed by atoms with van der Waals surface area (Å²) in [5.74, 6) is -0.662. The Morgan fingerprint density at radius 1 is 1.14 bits per heavy atom. The maximum absolute atomic E-state index is 12.8. The third kappa shape index (κ3) is 3.34. The molecular formula is C15H15FN2O3. The molecule has 0 aliphatic heterocycles. The van der Waals surface area contributed by atoms with Gasteiger partial charge in [-0.05, 0) is 31.2 Å². The number of halogens is 1. The molecule has 110 valence electrons. The van der Waals surface area contributed by atoms with Gasteiger partial charge in [0, 0.05) is 37.3 Å². The SMILES string of the molecule is CCn1ccc(=O)n(CCC(=O)c2ccc(F)cc2)c1=O. The highest BCUT2D eigenvalue weighted by Gasteiger charge is 2.09. The van der Waals surface area contributed by atoms with Gasteiger partial charge in [-0.25, -0.2) is 9.18 Å². The lowest BCUT2D eigenvalue weighted by Gasteiger charge is -2.07. The third-order valence-corrected chi connectivity index (χ3v) is 3.21. The Bertz CT molecular complexity index is 760. The Balaban J connectivity index is 2.17. The first-order chi connectivity index (χ1) is 10.0. The summed E-state index contributed by atoms with van der Waals surface area (Å²) in [6.07, 6.45) is 1.44. The summed E-state index contributed by atoms with van der Waals surface area (Å²) in [6, 6.07) is 6.47. The van der Waals surface area contributed by atoms with Crippen LogP contribution >= 0.6 is 0 Å². The van der Waals surface area contributed by atoms with E-state index in [9.17, 15) is 18.8 Å². The van der Waals surface area contributed by atoms with Crippen LogP contribution in [0, 0.1) is 5.82 Å². The monoisotopic (exact) mass is 290 g/mol. The molecule has 5 nitrogen and oxygen atoms in total. The van der Waals surface area contributed by atoms with Crippen molar-refractivity contribution < 1.29 is 9.18 Å². The van der Waals surface area contributed by atoms with Crippen LogP contribution in [0.25, 0.3) is 0 Å². The molecular weight excluding hydrogens is 275 g/mol. The van der Waals surface area contributed by atoms with Gasteiger partial charge in [-0.2, -0.15) is 0 Å². The van der Waals surface area contributed by atoms with Crippen molar-refractivity contribution >= 4 is 5.78 Å². The van der Waals surface area contributed by atoms with Crippen LogP contribution in [0.1, 0.15) is 23.7 Å². The lowest BCUT2D eigenvalue weighted by atomic mass is 10.1. The van der Waals surface area contributed by atoms with Crippen LogP contribution in [0.4, 0.5) is 4.39 Å². The second kappa shape index (κ2) is 6.30. The molecule has 2 aromatic rings. The van der Waals surface area contributed by atoms with Crippen LogP contribution in [0.5, 0.6) is 0 Å². The maximum Gasteiger partial charge on any atom is 0.330 e. The Morgan fingerprint density at radius 3 is 2.43 bits per heavy atom. The van der Waals surface area contributed by atoms with Crippen LogP contribution in [-0.4, -0.2) is 14.9 Å². The van der Waals surface area contributed by atoms with E-state index in [1.807, 2.05) is 0 Å². The second-order valence-electron chi connectivity index (χ2n) is 4.55. The number of carbonyl (C=O) groups is 1. The standard InChI is InChI=1S/C15H15FN2O3/c1-2-17-9-8-14(20)18(15(17)21)10-7-13(19)11-3-5-12(16)6-4-11/h3-6,8-9H,2,7,10H2,1H3. The van der Waals surface area contributed by atoms with Gasteiger partial charge in [0.2, 0.25) is 0 Å². The molecule has 6 heteroatoms. The van der Waals surface area contributed by atoms with Crippen LogP contribution in [0.2, 0.25) is 0 Å². The van der Waals surface area contributed by atoms with E-state index < -0.39 is 17.1 Å². The van der Waals surface area contributed by atoms with E-state index in [0.29, 0.717) is 12.1 Å². The predicted octanol–water partition coefficient (Wildman–Crippen LogP) is 1.44. The zero-order valence-corrected chi connectivity index (χ0v) is 11.6. The highest BCUT2D eigenvalue weighted by Crippen LogP contribution is 2.06. The van der Waals surface area contributed by atoms with Crippen molar-refractivity contribution in [2.45, 2.75) is 26.4 Å². The summed E-state index contributed by atoms with van der Waals surface area (Å²) in [7, 11) is 0. The van der Waals surface area contributed by atoms with Crippen molar-refractivity contribution in [1.29, 1.82) is 0 Å². The van der Waals surface area contributed by atoms with Gasteiger partial charge in [0.1, 0.15) is 5.82 Å². The number of aromatic nitrogens is 2. The largest absolute Gasteiger partial charge is 0.330 e. The summed E-state index contributed by atoms with van der Waals surface area (Å²) in [5, 5.41) is 0. The zero-order valence-electron chi connectivity index (χ0n) is 11.6. The van der Waals surface area contributed by atoms with Crippen LogP contribution in [0.3, 0.4) is 0 Å². The first-order valence-corrected chi connectivity index (χ1v) is 6.62. The molecule has 21 heavy (non-hydrogen) atoms. The number of nitrogens with zero attached hydrogens (tertiary/aromatic N) is 2. The highest BCUT2D eigenvalue weighted by molar-refractivity contribution is 5.95. The molecule has 0 fully saturated rings. The Morgan fingerprint density at radius 2 is 1.81 bits per heavy atom. The summed E-state index contributed by atoms with van der Waals surface area (Å²) in [5.41, 5.74) is -0.510. The average Bonchev–Trinajstić information content (AvgIpc) is 2.47. The predicted molar refractivity (Wildman–Crippen MR) is 76.0 cm³/mol. The number of Topliss-reactive ketones (excluding diaryl/α,β-unsaturated/α-hetero) is 1. The van der Waals surface area contributed by atoms with Crippen molar-refractivity contribution in [2.24, 2.45) is 0 Å². The first kappa shape index (κ1) is 14.9. The van der Waals surface area contributed by atoms with Gasteiger partial charge in [0.25, 0.3) is 5.56 Å². The molecule has 2 rings (SSSR count). The molecule has 0 saturated heterocycles. The fraction of sp³-hybridized carbons (Fsp3) is 0.267. The summed E-state index contributed by atoms with van der Waals surface area (Å²) in [4.78, 5) is 35.6. The van der Waals surface area contributed by atoms with Gasteiger partial charge in [-0.15, -0.1) is 0 Å². The zero-order chi connectivity index (χ0) is 15.4. The number of hydrogen-bond donors (Lipinski definition) is 0. The van der Waals surface area contributed by atoms with Crippen LogP contribution in [-0.2, 0) is 13.1 Å². The van der Waals surface area contributed by atoms with Gasteiger partial charge >= 0.3 is 5.69 Å². The van der Waals surface area contributed by atoms with Gasteiger partial charge < -0.3 is 4.57 Å². The molecule has 0 amide bonds. The molecule has 0 radical (unpaired) electrons. The van der Waals surface area contributed by atoms with E-state index in [1.54, 1.807) is 6.92 Å². The lowest BCUT2D eigenvalue weighted by Crippen LogP contribution is -2.39. The second-order valence-corrected chi connectivity index (χ2v) is 4.55. The minimum Gasteiger partial charge on any atom is -0.301 e. The van der Waals surface area contributed by atoms with Crippen molar-refractivity contribution in [3.63, 3.8) is 0 Å². The molecule has 0 unspecified atom stereocenters. The fourth-order valence-corrected chi connectivity index (χ4v) is 2.00. The molecule has 0 saturated carbocycles. The molecule has 0 aliphatic carbocycles. The number of aryl methyl sites for hydroxylation is 1. The Kier molecular flexibility index (Phi) is 4.47. The molecule has 0 aliphatic rings. The maximum atomic E-state index is 12.8. The summed E-state index contributed by atoms with van der Waals surface area (Å²) in [6.45, 7) is 2.25. The smallest absolute Gasteiger partial charge is 0.301 e. The van der Waals surface area contributed by atoms with Gasteiger partial charge in [0.05, 0.1) is 0 Å². The van der Waals surface area contributed by atoms with E-state index in [0.717, 1.165) is 4.57 Å². The molecule has 0 bridgehead atoms. The quantitative estimate of drug-likeness (QED) is 0.783. The lowest BCUT2D eigenvalue weighted by molar-refractivity contribution is 0.0976. The van der Waals surface area contributed by atoms with E-state index >= 15 is 0 Å². The number of benzene rings is 1. The van der Waals surface area contributed by atoms with Crippen LogP contribution < -0.4 is 11.2 Å². The van der Waals surface area contributed by atoms with Crippen LogP contribution in [0.15, 0.2) is 46.1 Å². The fourth-order valence-electron chi connectivity index (χ4n) is 2.00. The first-order valence-electron chi connectivity index (χ1n) is 6.62. The minimum atomic E-state index is -0.434. The topological polar surface area (TPSA) is 61.1 Å². The number of ketones is 1. The molecule has 0 N–H and O–H groups in total. The van der Waals surface area contributed by atoms with Gasteiger partial charge in [-0.3, -0.25) is 14.2 Å². The van der Waals surface area contributed by atoms with Crippen molar-refractivity contribution in [1.82, 2.24) is 9.13 Å². The molecule has 1 aromatic heterocycles. The average molecular weight is 290 g/mol. The minimum absolute atomic E-state index is 0.00844. The molecule has 0 atom stereocenters. The van der Waals surface area contributed by atoms with E-state index in [-0.39, 0.29) is 18.7 Å². The van der Waals surface area contributed by atoms with Crippen molar-refractivity contribution in [3.8, 4) is 0 Å². The normalized spacial score (nSPS) is 10.6. The molecule has 1 heterocycles. The van der Waals surface area contributed by atoms with E-state index in [4.69, 9.17) is 0 Å². The van der Waals surface area contributed by atoms with Crippen molar-refractivity contribution in [2.75, 3.05) is 0 Å². The summed E-state index contributed by atoms with van der Waals surface area (Å²) < 4.78 is 15.2. The van der Waals surface area contributed by atoms with Gasteiger partial charge in [0.15, 0.2) is 5.78 Å².